The number of amidine groups is 1. The van der Waals surface area contributed by atoms with Crippen molar-refractivity contribution in [1.82, 2.24) is 15.1 Å². The van der Waals surface area contributed by atoms with Crippen LogP contribution in [0.2, 0.25) is 0 Å². The minimum atomic E-state index is -0.141. The number of piperazine rings is 1. The molecule has 28 heavy (non-hydrogen) atoms. The van der Waals surface area contributed by atoms with Crippen molar-refractivity contribution in [3.05, 3.63) is 70.8 Å². The van der Waals surface area contributed by atoms with Crippen molar-refractivity contribution in [3.63, 3.8) is 0 Å². The maximum atomic E-state index is 12.6. The van der Waals surface area contributed by atoms with E-state index in [0.717, 1.165) is 11.1 Å². The molecule has 0 atom stereocenters. The highest BCUT2D eigenvalue weighted by molar-refractivity contribution is 5.95. The van der Waals surface area contributed by atoms with Gasteiger partial charge in [-0.2, -0.15) is 0 Å². The number of carbonyl (C=O) groups excluding carboxylic acids is 2. The zero-order valence-electron chi connectivity index (χ0n) is 15.9. The Kier molecular flexibility index (Phi) is 5.93. The van der Waals surface area contributed by atoms with Gasteiger partial charge in [0.1, 0.15) is 5.84 Å². The molecule has 1 aliphatic heterocycles. The summed E-state index contributed by atoms with van der Waals surface area (Å²) in [7, 11) is 0. The second kappa shape index (κ2) is 8.56. The molecule has 3 amide bonds. The Morgan fingerprint density at radius 3 is 2.04 bits per heavy atom. The summed E-state index contributed by atoms with van der Waals surface area (Å²) >= 11 is 0. The Balaban J connectivity index is 1.47. The minimum Gasteiger partial charge on any atom is -0.384 e. The fourth-order valence-corrected chi connectivity index (χ4v) is 3.08. The molecule has 7 nitrogen and oxygen atoms in total. The molecule has 7 heteroatoms. The first-order chi connectivity index (χ1) is 13.4. The summed E-state index contributed by atoms with van der Waals surface area (Å²) in [4.78, 5) is 28.5. The number of benzene rings is 2. The number of nitrogen functional groups attached to an aromatic ring is 1. The van der Waals surface area contributed by atoms with E-state index in [2.05, 4.69) is 5.32 Å². The average molecular weight is 379 g/mol. The molecular weight excluding hydrogens is 354 g/mol. The van der Waals surface area contributed by atoms with Gasteiger partial charge in [-0.05, 0) is 24.6 Å². The first-order valence-electron chi connectivity index (χ1n) is 9.26. The summed E-state index contributed by atoms with van der Waals surface area (Å²) in [6, 6.07) is 14.6. The number of hydrogen-bond acceptors (Lipinski definition) is 3. The van der Waals surface area contributed by atoms with Gasteiger partial charge in [0.15, 0.2) is 0 Å². The number of nitrogens with two attached hydrogens (primary N) is 1. The highest BCUT2D eigenvalue weighted by Crippen LogP contribution is 2.11. The van der Waals surface area contributed by atoms with Crippen molar-refractivity contribution in [2.45, 2.75) is 13.5 Å². The van der Waals surface area contributed by atoms with E-state index in [1.165, 1.54) is 0 Å². The predicted octanol–water partition coefficient (Wildman–Crippen LogP) is 1.95. The predicted molar refractivity (Wildman–Crippen MR) is 108 cm³/mol. The molecule has 0 aliphatic carbocycles. The van der Waals surface area contributed by atoms with E-state index in [4.69, 9.17) is 11.1 Å². The maximum Gasteiger partial charge on any atom is 0.317 e. The summed E-state index contributed by atoms with van der Waals surface area (Å²) in [5.74, 6) is 0.0271. The van der Waals surface area contributed by atoms with Gasteiger partial charge in [-0.15, -0.1) is 0 Å². The topological polar surface area (TPSA) is 103 Å². The van der Waals surface area contributed by atoms with E-state index in [0.29, 0.717) is 43.9 Å². The third-order valence-electron chi connectivity index (χ3n) is 4.86. The van der Waals surface area contributed by atoms with E-state index >= 15 is 0 Å². The van der Waals surface area contributed by atoms with Gasteiger partial charge in [-0.25, -0.2) is 4.79 Å². The van der Waals surface area contributed by atoms with Crippen molar-refractivity contribution in [2.75, 3.05) is 26.2 Å². The Hall–Kier alpha value is -3.35. The van der Waals surface area contributed by atoms with Gasteiger partial charge in [0.2, 0.25) is 0 Å². The van der Waals surface area contributed by atoms with Crippen molar-refractivity contribution in [2.24, 2.45) is 5.73 Å². The van der Waals surface area contributed by atoms with Crippen molar-refractivity contribution in [1.29, 1.82) is 5.41 Å². The van der Waals surface area contributed by atoms with Crippen LogP contribution in [-0.4, -0.2) is 53.8 Å². The van der Waals surface area contributed by atoms with E-state index in [-0.39, 0.29) is 17.8 Å². The fraction of sp³-hybridized carbons (Fsp3) is 0.286. The van der Waals surface area contributed by atoms with Gasteiger partial charge in [0.05, 0.1) is 0 Å². The summed E-state index contributed by atoms with van der Waals surface area (Å²) in [6.45, 7) is 4.45. The molecule has 0 radical (unpaired) electrons. The third-order valence-corrected chi connectivity index (χ3v) is 4.86. The van der Waals surface area contributed by atoms with Gasteiger partial charge in [-0.3, -0.25) is 10.2 Å². The van der Waals surface area contributed by atoms with Crippen molar-refractivity contribution >= 4 is 17.8 Å². The van der Waals surface area contributed by atoms with Gasteiger partial charge in [0, 0.05) is 43.9 Å². The van der Waals surface area contributed by atoms with Crippen LogP contribution in [0.1, 0.15) is 27.0 Å². The molecule has 1 saturated heterocycles. The van der Waals surface area contributed by atoms with Crippen molar-refractivity contribution < 1.29 is 9.59 Å². The number of aryl methyl sites for hydroxylation is 1. The largest absolute Gasteiger partial charge is 0.384 e. The summed E-state index contributed by atoms with van der Waals surface area (Å²) in [6.07, 6.45) is 0. The molecule has 1 fully saturated rings. The Labute approximate surface area is 164 Å². The molecule has 0 spiro atoms. The van der Waals surface area contributed by atoms with Crippen LogP contribution in [0.4, 0.5) is 4.79 Å². The van der Waals surface area contributed by atoms with Crippen LogP contribution >= 0.6 is 0 Å². The summed E-state index contributed by atoms with van der Waals surface area (Å²) in [5.41, 5.74) is 8.83. The second-order valence-electron chi connectivity index (χ2n) is 6.91. The highest BCUT2D eigenvalue weighted by atomic mass is 16.2. The smallest absolute Gasteiger partial charge is 0.317 e. The van der Waals surface area contributed by atoms with E-state index < -0.39 is 0 Å². The van der Waals surface area contributed by atoms with Crippen LogP contribution in [0.3, 0.4) is 0 Å². The first kappa shape index (κ1) is 19.4. The zero-order valence-corrected chi connectivity index (χ0v) is 15.9. The van der Waals surface area contributed by atoms with Gasteiger partial charge >= 0.3 is 6.03 Å². The molecule has 1 aliphatic rings. The number of amides is 3. The molecule has 0 bridgehead atoms. The molecule has 4 N–H and O–H groups in total. The lowest BCUT2D eigenvalue weighted by Crippen LogP contribution is -2.53. The third kappa shape index (κ3) is 4.68. The molecular formula is C21H25N5O2. The molecule has 2 aromatic carbocycles. The van der Waals surface area contributed by atoms with Crippen molar-refractivity contribution in [3.8, 4) is 0 Å². The monoisotopic (exact) mass is 379 g/mol. The molecule has 1 heterocycles. The molecule has 146 valence electrons. The molecule has 2 aromatic rings. The van der Waals surface area contributed by atoms with Crippen LogP contribution in [0.25, 0.3) is 0 Å². The number of nitrogens with zero attached hydrogens (tertiary/aromatic N) is 2. The average Bonchev–Trinajstić information content (AvgIpc) is 2.72. The van der Waals surface area contributed by atoms with Crippen LogP contribution in [0.15, 0.2) is 48.5 Å². The summed E-state index contributed by atoms with van der Waals surface area (Å²) in [5, 5.41) is 10.3. The normalized spacial score (nSPS) is 13.9. The molecule has 0 aromatic heterocycles. The molecule has 0 unspecified atom stereocenters. The summed E-state index contributed by atoms with van der Waals surface area (Å²) < 4.78 is 0. The molecule has 3 rings (SSSR count). The van der Waals surface area contributed by atoms with Crippen LogP contribution < -0.4 is 11.1 Å². The van der Waals surface area contributed by atoms with Crippen LogP contribution in [-0.2, 0) is 6.54 Å². The lowest BCUT2D eigenvalue weighted by Gasteiger charge is -2.34. The SMILES string of the molecule is Cc1ccc(C(=O)N2CCN(C(=O)NCc3ccc(C(=N)N)cc3)CC2)cc1. The lowest BCUT2D eigenvalue weighted by atomic mass is 10.1. The van der Waals surface area contributed by atoms with E-state index in [1.54, 1.807) is 21.9 Å². The number of carbonyl (C=O) groups is 2. The Morgan fingerprint density at radius 2 is 1.46 bits per heavy atom. The fourth-order valence-electron chi connectivity index (χ4n) is 3.08. The number of urea groups is 1. The standard InChI is InChI=1S/C21H25N5O2/c1-15-2-6-18(7-3-15)20(27)25-10-12-26(13-11-25)21(28)24-14-16-4-8-17(9-5-16)19(22)23/h2-9H,10-14H2,1H3,(H3,22,23)(H,24,28). The van der Waals surface area contributed by atoms with Gasteiger partial charge in [0.25, 0.3) is 5.91 Å². The number of nitrogens with one attached hydrogen (secondary N) is 2. The first-order valence-corrected chi connectivity index (χ1v) is 9.26. The Morgan fingerprint density at radius 1 is 0.929 bits per heavy atom. The van der Waals surface area contributed by atoms with Gasteiger partial charge < -0.3 is 20.9 Å². The minimum absolute atomic E-state index is 0.00520. The van der Waals surface area contributed by atoms with Crippen LogP contribution in [0, 0.1) is 12.3 Å². The van der Waals surface area contributed by atoms with E-state index in [1.807, 2.05) is 43.3 Å². The quantitative estimate of drug-likeness (QED) is 0.559. The number of hydrogen-bond donors (Lipinski definition) is 3. The van der Waals surface area contributed by atoms with E-state index in [9.17, 15) is 9.59 Å². The highest BCUT2D eigenvalue weighted by Gasteiger charge is 2.24. The maximum absolute atomic E-state index is 12.6. The lowest BCUT2D eigenvalue weighted by molar-refractivity contribution is 0.0665. The van der Waals surface area contributed by atoms with Crippen LogP contribution in [0.5, 0.6) is 0 Å². The second-order valence-corrected chi connectivity index (χ2v) is 6.91. The van der Waals surface area contributed by atoms with Gasteiger partial charge in [-0.1, -0.05) is 42.0 Å². The zero-order chi connectivity index (χ0) is 20.1. The molecule has 0 saturated carbocycles. The Bertz CT molecular complexity index is 853. The number of rotatable bonds is 4.